The zero-order valence-electron chi connectivity index (χ0n) is 12.0. The van der Waals surface area contributed by atoms with E-state index in [0.717, 1.165) is 23.4 Å². The summed E-state index contributed by atoms with van der Waals surface area (Å²) in [4.78, 5) is 15.7. The van der Waals surface area contributed by atoms with Gasteiger partial charge in [-0.15, -0.1) is 0 Å². The number of imidazole rings is 1. The molecule has 4 aliphatic carbocycles. The number of aromatic nitrogens is 2. The fraction of sp³-hybridized carbons (Fsp3) is 0.750. The minimum atomic E-state index is -0.792. The molecule has 4 heteroatoms. The molecule has 5 rings (SSSR count). The summed E-state index contributed by atoms with van der Waals surface area (Å²) in [6.07, 6.45) is 11.8. The Bertz CT molecular complexity index is 513. The van der Waals surface area contributed by atoms with Gasteiger partial charge in [0.15, 0.2) is 0 Å². The van der Waals surface area contributed by atoms with E-state index < -0.39 is 12.0 Å². The number of carbonyl (C=O) groups is 1. The Morgan fingerprint density at radius 2 is 1.85 bits per heavy atom. The lowest BCUT2D eigenvalue weighted by molar-refractivity contribution is -0.140. The molecule has 0 radical (unpaired) electrons. The number of carboxylic acids is 1. The lowest BCUT2D eigenvalue weighted by Gasteiger charge is -2.56. The van der Waals surface area contributed by atoms with Gasteiger partial charge < -0.3 is 9.67 Å². The topological polar surface area (TPSA) is 55.1 Å². The van der Waals surface area contributed by atoms with Gasteiger partial charge in [-0.3, -0.25) is 0 Å². The predicted molar refractivity (Wildman–Crippen MR) is 74.4 cm³/mol. The van der Waals surface area contributed by atoms with Crippen molar-refractivity contribution in [3.8, 4) is 0 Å². The molecule has 4 nitrogen and oxygen atoms in total. The van der Waals surface area contributed by atoms with Crippen LogP contribution < -0.4 is 0 Å². The van der Waals surface area contributed by atoms with Gasteiger partial charge in [0.05, 0.1) is 12.0 Å². The van der Waals surface area contributed by atoms with Crippen LogP contribution in [0.15, 0.2) is 12.5 Å². The largest absolute Gasteiger partial charge is 0.480 e. The fourth-order valence-electron chi connectivity index (χ4n) is 5.37. The minimum Gasteiger partial charge on any atom is -0.480 e. The molecule has 0 spiro atoms. The van der Waals surface area contributed by atoms with Crippen LogP contribution in [0.1, 0.15) is 57.2 Å². The van der Waals surface area contributed by atoms with E-state index in [1.165, 1.54) is 38.5 Å². The van der Waals surface area contributed by atoms with Crippen molar-refractivity contribution >= 4 is 5.97 Å². The first-order chi connectivity index (χ1) is 9.56. The average Bonchev–Trinajstić information content (AvgIpc) is 2.86. The summed E-state index contributed by atoms with van der Waals surface area (Å²) in [6, 6.07) is -0.523. The van der Waals surface area contributed by atoms with Gasteiger partial charge in [0, 0.05) is 11.6 Å². The predicted octanol–water partition coefficient (Wildman–Crippen LogP) is 3.00. The van der Waals surface area contributed by atoms with Crippen LogP contribution in [0.2, 0.25) is 0 Å². The van der Waals surface area contributed by atoms with E-state index in [0.29, 0.717) is 0 Å². The molecule has 1 atom stereocenters. The van der Waals surface area contributed by atoms with Crippen LogP contribution in [-0.2, 0) is 10.2 Å². The quantitative estimate of drug-likeness (QED) is 0.921. The number of aliphatic carboxylic acids is 1. The van der Waals surface area contributed by atoms with Gasteiger partial charge >= 0.3 is 5.97 Å². The maximum absolute atomic E-state index is 11.1. The molecule has 4 fully saturated rings. The molecule has 20 heavy (non-hydrogen) atoms. The van der Waals surface area contributed by atoms with Crippen LogP contribution in [-0.4, -0.2) is 20.6 Å². The van der Waals surface area contributed by atoms with E-state index in [9.17, 15) is 4.79 Å². The molecule has 0 aromatic carbocycles. The Morgan fingerprint density at radius 3 is 2.35 bits per heavy atom. The summed E-state index contributed by atoms with van der Waals surface area (Å²) >= 11 is 0. The lowest BCUT2D eigenvalue weighted by Crippen LogP contribution is -2.48. The molecule has 1 aromatic rings. The van der Waals surface area contributed by atoms with Crippen molar-refractivity contribution in [3.63, 3.8) is 0 Å². The standard InChI is InChI=1S/C16H22N2O2/c1-10(15(19)20)18-8-14(17-9-18)16-5-11-2-12(6-16)4-13(3-11)7-16/h8-13H,2-7H2,1H3,(H,19,20). The first kappa shape index (κ1) is 12.4. The molecular formula is C16H22N2O2. The van der Waals surface area contributed by atoms with Gasteiger partial charge in [0.25, 0.3) is 0 Å². The summed E-state index contributed by atoms with van der Waals surface area (Å²) < 4.78 is 1.76. The highest BCUT2D eigenvalue weighted by Crippen LogP contribution is 2.60. The second kappa shape index (κ2) is 4.09. The van der Waals surface area contributed by atoms with E-state index in [1.807, 2.05) is 6.20 Å². The van der Waals surface area contributed by atoms with Crippen LogP contribution in [0, 0.1) is 17.8 Å². The number of carboxylic acid groups (broad SMARTS) is 1. The summed E-state index contributed by atoms with van der Waals surface area (Å²) in [6.45, 7) is 1.72. The molecule has 1 heterocycles. The summed E-state index contributed by atoms with van der Waals surface area (Å²) in [5, 5.41) is 9.13. The van der Waals surface area contributed by atoms with E-state index >= 15 is 0 Å². The van der Waals surface area contributed by atoms with Crippen molar-refractivity contribution in [1.29, 1.82) is 0 Å². The molecule has 0 saturated heterocycles. The van der Waals surface area contributed by atoms with Crippen molar-refractivity contribution in [3.05, 3.63) is 18.2 Å². The van der Waals surface area contributed by atoms with Crippen LogP contribution in [0.3, 0.4) is 0 Å². The SMILES string of the molecule is CC(C(=O)O)n1cnc(C23CC4CC(CC(C4)C2)C3)c1. The summed E-state index contributed by atoms with van der Waals surface area (Å²) in [7, 11) is 0. The van der Waals surface area contributed by atoms with E-state index in [2.05, 4.69) is 4.98 Å². The van der Waals surface area contributed by atoms with Gasteiger partial charge in [-0.05, 0) is 63.2 Å². The maximum atomic E-state index is 11.1. The van der Waals surface area contributed by atoms with Crippen LogP contribution in [0.5, 0.6) is 0 Å². The highest BCUT2D eigenvalue weighted by Gasteiger charge is 2.52. The zero-order valence-corrected chi connectivity index (χ0v) is 12.0. The number of hydrogen-bond donors (Lipinski definition) is 1. The molecule has 0 amide bonds. The third kappa shape index (κ3) is 1.73. The van der Waals surface area contributed by atoms with Crippen molar-refractivity contribution in [1.82, 2.24) is 9.55 Å². The van der Waals surface area contributed by atoms with E-state index in [-0.39, 0.29) is 5.41 Å². The van der Waals surface area contributed by atoms with E-state index in [4.69, 9.17) is 5.11 Å². The van der Waals surface area contributed by atoms with Gasteiger partial charge in [-0.2, -0.15) is 0 Å². The maximum Gasteiger partial charge on any atom is 0.326 e. The molecule has 1 N–H and O–H groups in total. The third-order valence-corrected chi connectivity index (χ3v) is 5.99. The minimum absolute atomic E-state index is 0.262. The first-order valence-electron chi connectivity index (χ1n) is 7.82. The summed E-state index contributed by atoms with van der Waals surface area (Å²) in [5.41, 5.74) is 1.42. The Labute approximate surface area is 119 Å². The Balaban J connectivity index is 1.66. The average molecular weight is 274 g/mol. The molecule has 0 aliphatic heterocycles. The molecule has 4 saturated carbocycles. The van der Waals surface area contributed by atoms with Gasteiger partial charge in [-0.25, -0.2) is 9.78 Å². The summed E-state index contributed by atoms with van der Waals surface area (Å²) in [5.74, 6) is 1.88. The van der Waals surface area contributed by atoms with Gasteiger partial charge in [0.1, 0.15) is 6.04 Å². The zero-order chi connectivity index (χ0) is 13.9. The fourth-order valence-corrected chi connectivity index (χ4v) is 5.37. The molecular weight excluding hydrogens is 252 g/mol. The molecule has 4 aliphatic rings. The van der Waals surface area contributed by atoms with E-state index in [1.54, 1.807) is 17.8 Å². The monoisotopic (exact) mass is 274 g/mol. The highest BCUT2D eigenvalue weighted by atomic mass is 16.4. The van der Waals surface area contributed by atoms with Gasteiger partial charge in [-0.1, -0.05) is 0 Å². The van der Waals surface area contributed by atoms with Crippen LogP contribution in [0.4, 0.5) is 0 Å². The van der Waals surface area contributed by atoms with Crippen molar-refractivity contribution in [2.45, 2.75) is 56.9 Å². The second-order valence-corrected chi connectivity index (χ2v) is 7.42. The number of nitrogens with zero attached hydrogens (tertiary/aromatic N) is 2. The number of rotatable bonds is 3. The highest BCUT2D eigenvalue weighted by molar-refractivity contribution is 5.71. The Kier molecular flexibility index (Phi) is 2.54. The first-order valence-corrected chi connectivity index (χ1v) is 7.82. The smallest absolute Gasteiger partial charge is 0.326 e. The van der Waals surface area contributed by atoms with Crippen molar-refractivity contribution < 1.29 is 9.90 Å². The molecule has 4 bridgehead atoms. The van der Waals surface area contributed by atoms with Crippen molar-refractivity contribution in [2.75, 3.05) is 0 Å². The Morgan fingerprint density at radius 1 is 1.30 bits per heavy atom. The third-order valence-electron chi connectivity index (χ3n) is 5.99. The Hall–Kier alpha value is -1.32. The van der Waals surface area contributed by atoms with Crippen LogP contribution in [0.25, 0.3) is 0 Å². The molecule has 108 valence electrons. The molecule has 1 aromatic heterocycles. The normalized spacial score (nSPS) is 40.0. The van der Waals surface area contributed by atoms with Crippen molar-refractivity contribution in [2.24, 2.45) is 17.8 Å². The molecule has 1 unspecified atom stereocenters. The van der Waals surface area contributed by atoms with Gasteiger partial charge in [0.2, 0.25) is 0 Å². The second-order valence-electron chi connectivity index (χ2n) is 7.42. The van der Waals surface area contributed by atoms with Crippen LogP contribution >= 0.6 is 0 Å². The lowest BCUT2D eigenvalue weighted by atomic mass is 9.49. The number of hydrogen-bond acceptors (Lipinski definition) is 2.